The van der Waals surface area contributed by atoms with Gasteiger partial charge >= 0.3 is 19.8 Å². The summed E-state index contributed by atoms with van der Waals surface area (Å²) >= 11 is 0. The minimum Gasteiger partial charge on any atom is -0.457 e. The maximum atomic E-state index is 12.4. The van der Waals surface area contributed by atoms with Gasteiger partial charge in [-0.1, -0.05) is 277 Å². The van der Waals surface area contributed by atoms with E-state index in [0.29, 0.717) is 12.8 Å². The first kappa shape index (κ1) is 65.0. The molecule has 10 nitrogen and oxygen atoms in total. The number of phosphoric ester groups is 1. The van der Waals surface area contributed by atoms with Crippen LogP contribution in [0.3, 0.4) is 0 Å². The Morgan fingerprint density at radius 2 is 0.530 bits per heavy atom. The molecule has 0 aliphatic carbocycles. The molecule has 3 unspecified atom stereocenters. The fourth-order valence-corrected chi connectivity index (χ4v) is 9.49. The maximum absolute atomic E-state index is 12.4. The molecule has 0 bridgehead atoms. The van der Waals surface area contributed by atoms with Crippen LogP contribution in [0.1, 0.15) is 303 Å². The Morgan fingerprint density at radius 1 is 0.348 bits per heavy atom. The van der Waals surface area contributed by atoms with Crippen molar-refractivity contribution >= 4 is 19.8 Å². The summed E-state index contributed by atoms with van der Waals surface area (Å²) in [6.45, 7) is 2.30. The Labute approximate surface area is 407 Å². The van der Waals surface area contributed by atoms with Gasteiger partial charge in [0.05, 0.1) is 26.4 Å². The summed E-state index contributed by atoms with van der Waals surface area (Å²) in [7, 11) is -4.64. The molecule has 0 saturated carbocycles. The van der Waals surface area contributed by atoms with Gasteiger partial charge in [-0.3, -0.25) is 18.6 Å². The zero-order valence-corrected chi connectivity index (χ0v) is 44.3. The quantitative estimate of drug-likeness (QED) is 0.0305. The van der Waals surface area contributed by atoms with Gasteiger partial charge in [0, 0.05) is 12.8 Å². The summed E-state index contributed by atoms with van der Waals surface area (Å²) in [5, 5.41) is 19.3. The molecule has 0 heterocycles. The Bertz CT molecular complexity index is 1060. The van der Waals surface area contributed by atoms with Crippen LogP contribution in [0, 0.1) is 0 Å². The molecule has 66 heavy (non-hydrogen) atoms. The second-order valence-electron chi connectivity index (χ2n) is 19.6. The van der Waals surface area contributed by atoms with E-state index in [1.54, 1.807) is 0 Å². The summed E-state index contributed by atoms with van der Waals surface area (Å²) in [5.74, 6) is -0.996. The van der Waals surface area contributed by atoms with E-state index in [2.05, 4.69) is 13.8 Å². The highest BCUT2D eigenvalue weighted by Crippen LogP contribution is 2.43. The Morgan fingerprint density at radius 3 is 0.712 bits per heavy atom. The predicted molar refractivity (Wildman–Crippen MR) is 275 cm³/mol. The second kappa shape index (κ2) is 51.8. The molecule has 11 heteroatoms. The molecule has 0 rings (SSSR count). The van der Waals surface area contributed by atoms with Crippen molar-refractivity contribution in [2.45, 2.75) is 315 Å². The molecular formula is C55H109O10P. The van der Waals surface area contributed by atoms with Gasteiger partial charge < -0.3 is 24.6 Å². The lowest BCUT2D eigenvalue weighted by atomic mass is 10.0. The summed E-state index contributed by atoms with van der Waals surface area (Å²) in [5.41, 5.74) is 0. The molecule has 0 radical (unpaired) electrons. The molecule has 0 amide bonds. The van der Waals surface area contributed by atoms with Crippen LogP contribution in [0.15, 0.2) is 0 Å². The number of carbonyl (C=O) groups is 2. The average Bonchev–Trinajstić information content (AvgIpc) is 3.31. The third-order valence-electron chi connectivity index (χ3n) is 13.1. The number of hydrogen-bond acceptors (Lipinski definition) is 9. The van der Waals surface area contributed by atoms with Gasteiger partial charge in [0.2, 0.25) is 0 Å². The van der Waals surface area contributed by atoms with E-state index in [1.807, 2.05) is 0 Å². The highest BCUT2D eigenvalue weighted by Gasteiger charge is 2.27. The van der Waals surface area contributed by atoms with Crippen molar-refractivity contribution in [3.05, 3.63) is 0 Å². The lowest BCUT2D eigenvalue weighted by molar-refractivity contribution is -0.153. The molecule has 0 aromatic rings. The third-order valence-corrected chi connectivity index (χ3v) is 14.0. The second-order valence-corrected chi connectivity index (χ2v) is 21.1. The van der Waals surface area contributed by atoms with Gasteiger partial charge in [0.15, 0.2) is 0 Å². The number of carbonyl (C=O) groups excluding carboxylic acids is 2. The van der Waals surface area contributed by atoms with Crippen molar-refractivity contribution in [2.75, 3.05) is 26.4 Å². The molecule has 0 fully saturated rings. The lowest BCUT2D eigenvalue weighted by Crippen LogP contribution is -2.28. The van der Waals surface area contributed by atoms with Crippen molar-refractivity contribution in [1.82, 2.24) is 0 Å². The summed E-state index contributed by atoms with van der Waals surface area (Å²) in [6, 6.07) is 0. The number of aliphatic hydroxyl groups is 2. The molecule has 3 N–H and O–H groups in total. The predicted octanol–water partition coefficient (Wildman–Crippen LogP) is 16.5. The number of esters is 2. The van der Waals surface area contributed by atoms with Crippen LogP contribution < -0.4 is 0 Å². The number of phosphoric acid groups is 1. The fourth-order valence-electron chi connectivity index (χ4n) is 8.71. The van der Waals surface area contributed by atoms with Crippen molar-refractivity contribution in [1.29, 1.82) is 0 Å². The summed E-state index contributed by atoms with van der Waals surface area (Å²) < 4.78 is 32.8. The van der Waals surface area contributed by atoms with Crippen molar-refractivity contribution in [3.8, 4) is 0 Å². The number of ether oxygens (including phenoxy) is 2. The number of rotatable bonds is 55. The minimum absolute atomic E-state index is 0.200. The third kappa shape index (κ3) is 49.4. The van der Waals surface area contributed by atoms with E-state index in [1.165, 1.54) is 225 Å². The molecule has 0 aliphatic rings. The molecule has 3 atom stereocenters. The molecule has 0 saturated heterocycles. The summed E-state index contributed by atoms with van der Waals surface area (Å²) in [6.07, 6.45) is 53.7. The molecule has 394 valence electrons. The fraction of sp³-hybridized carbons (Fsp3) is 0.964. The van der Waals surface area contributed by atoms with E-state index >= 15 is 0 Å². The number of unbranched alkanes of at least 4 members (excludes halogenated alkanes) is 41. The smallest absolute Gasteiger partial charge is 0.457 e. The lowest BCUT2D eigenvalue weighted by Gasteiger charge is -2.20. The Hall–Kier alpha value is -1.03. The molecule has 0 spiro atoms. The molecule has 0 aliphatic heterocycles. The first-order valence-corrected chi connectivity index (χ1v) is 30.0. The van der Waals surface area contributed by atoms with Crippen LogP contribution in [0.2, 0.25) is 0 Å². The zero-order valence-electron chi connectivity index (χ0n) is 43.4. The van der Waals surface area contributed by atoms with E-state index in [4.69, 9.17) is 18.5 Å². The van der Waals surface area contributed by atoms with Gasteiger partial charge in [0.25, 0.3) is 0 Å². The van der Waals surface area contributed by atoms with Gasteiger partial charge in [-0.25, -0.2) is 4.57 Å². The number of hydrogen-bond donors (Lipinski definition) is 3. The van der Waals surface area contributed by atoms with Crippen LogP contribution >= 0.6 is 7.82 Å². The van der Waals surface area contributed by atoms with Crippen LogP contribution in [-0.4, -0.2) is 65.7 Å². The first-order valence-electron chi connectivity index (χ1n) is 28.5. The first-order chi connectivity index (χ1) is 32.3. The SMILES string of the molecule is CCCCCCCCCCCCCCCCCCCCCCCCCC(=O)OC(CO)COP(=O)(O)OCC(CO)OC(=O)CCCCCCCCCCCCCCCCCCCCCC. The monoisotopic (exact) mass is 961 g/mol. The average molecular weight is 961 g/mol. The van der Waals surface area contributed by atoms with Gasteiger partial charge in [0.1, 0.15) is 12.2 Å². The van der Waals surface area contributed by atoms with Crippen molar-refractivity contribution < 1.29 is 47.8 Å². The largest absolute Gasteiger partial charge is 0.472 e. The van der Waals surface area contributed by atoms with E-state index in [-0.39, 0.29) is 12.8 Å². The minimum atomic E-state index is -4.64. The molecule has 0 aromatic carbocycles. The van der Waals surface area contributed by atoms with E-state index in [9.17, 15) is 29.3 Å². The highest BCUT2D eigenvalue weighted by molar-refractivity contribution is 7.47. The van der Waals surface area contributed by atoms with E-state index < -0.39 is 58.4 Å². The van der Waals surface area contributed by atoms with Crippen molar-refractivity contribution in [2.24, 2.45) is 0 Å². The van der Waals surface area contributed by atoms with Crippen LogP contribution in [0.25, 0.3) is 0 Å². The topological polar surface area (TPSA) is 149 Å². The van der Waals surface area contributed by atoms with Crippen LogP contribution in [-0.2, 0) is 32.7 Å². The van der Waals surface area contributed by atoms with Gasteiger partial charge in [-0.2, -0.15) is 0 Å². The normalized spacial score (nSPS) is 13.5. The number of aliphatic hydroxyl groups excluding tert-OH is 2. The molecule has 0 aromatic heterocycles. The van der Waals surface area contributed by atoms with Gasteiger partial charge in [-0.15, -0.1) is 0 Å². The van der Waals surface area contributed by atoms with Gasteiger partial charge in [-0.05, 0) is 12.8 Å². The summed E-state index contributed by atoms with van der Waals surface area (Å²) in [4.78, 5) is 34.8. The molecular weight excluding hydrogens is 852 g/mol. The van der Waals surface area contributed by atoms with Crippen molar-refractivity contribution in [3.63, 3.8) is 0 Å². The van der Waals surface area contributed by atoms with E-state index in [0.717, 1.165) is 38.5 Å². The zero-order chi connectivity index (χ0) is 48.3. The van der Waals surface area contributed by atoms with Crippen LogP contribution in [0.4, 0.5) is 0 Å². The standard InChI is InChI=1S/C55H109O10P/c1-3-5-7-9-11-13-15-17-19-21-23-25-26-27-29-31-33-35-37-39-41-43-45-47-55(59)65-53(49-57)51-63-66(60,61)62-50-52(48-56)64-54(58)46-44-42-40-38-36-34-32-30-28-24-22-20-18-16-14-12-10-8-6-4-2/h52-53,56-57H,3-51H2,1-2H3,(H,60,61). The Balaban J connectivity index is 3.73. The van der Waals surface area contributed by atoms with Crippen LogP contribution in [0.5, 0.6) is 0 Å². The maximum Gasteiger partial charge on any atom is 0.472 e. The highest BCUT2D eigenvalue weighted by atomic mass is 31.2. The Kier molecular flexibility index (Phi) is 51.0.